The smallest absolute Gasteiger partial charge is 0.317 e. The molecule has 1 aromatic carbocycles. The van der Waals surface area contributed by atoms with Gasteiger partial charge in [-0.25, -0.2) is 0 Å². The minimum Gasteiger partial charge on any atom is -0.459 e. The number of hydrogen-bond donors (Lipinski definition) is 1. The van der Waals surface area contributed by atoms with Gasteiger partial charge < -0.3 is 9.84 Å². The van der Waals surface area contributed by atoms with Crippen LogP contribution in [0.2, 0.25) is 0 Å². The van der Waals surface area contributed by atoms with Gasteiger partial charge in [-0.05, 0) is 39.7 Å². The van der Waals surface area contributed by atoms with Crippen molar-refractivity contribution in [1.29, 1.82) is 0 Å². The lowest BCUT2D eigenvalue weighted by atomic mass is 9.69. The van der Waals surface area contributed by atoms with Gasteiger partial charge in [0.15, 0.2) is 5.78 Å². The van der Waals surface area contributed by atoms with E-state index in [4.69, 9.17) is 4.74 Å². The third-order valence-electron chi connectivity index (χ3n) is 3.85. The summed E-state index contributed by atoms with van der Waals surface area (Å²) in [6.07, 6.45) is 0.354. The third-order valence-corrected chi connectivity index (χ3v) is 3.85. The maximum atomic E-state index is 12.5. The molecule has 0 heterocycles. The SMILES string of the molecule is CC(C)(C)OC(=O)[C@@H]1C(=O)C[C@](C)(O)C[C@H]1c1ccccc1. The molecule has 4 nitrogen and oxygen atoms in total. The van der Waals surface area contributed by atoms with Crippen molar-refractivity contribution in [3.63, 3.8) is 0 Å². The fraction of sp³-hybridized carbons (Fsp3) is 0.556. The normalized spacial score (nSPS) is 29.2. The molecule has 1 aromatic rings. The van der Waals surface area contributed by atoms with E-state index in [1.165, 1.54) is 0 Å². The number of aliphatic hydroxyl groups is 1. The largest absolute Gasteiger partial charge is 0.459 e. The molecule has 0 radical (unpaired) electrons. The summed E-state index contributed by atoms with van der Waals surface area (Å²) in [4.78, 5) is 25.0. The minimum atomic E-state index is -1.09. The Morgan fingerprint density at radius 2 is 1.86 bits per heavy atom. The number of Topliss-reactive ketones (excluding diaryl/α,β-unsaturated/α-hetero) is 1. The molecule has 0 spiro atoms. The molecule has 0 aliphatic heterocycles. The topological polar surface area (TPSA) is 63.6 Å². The van der Waals surface area contributed by atoms with Crippen molar-refractivity contribution in [3.8, 4) is 0 Å². The quantitative estimate of drug-likeness (QED) is 0.674. The van der Waals surface area contributed by atoms with E-state index in [0.717, 1.165) is 5.56 Å². The number of esters is 1. The third kappa shape index (κ3) is 3.95. The van der Waals surface area contributed by atoms with Gasteiger partial charge in [0.25, 0.3) is 0 Å². The summed E-state index contributed by atoms with van der Waals surface area (Å²) in [5, 5.41) is 10.3. The van der Waals surface area contributed by atoms with Crippen molar-refractivity contribution >= 4 is 11.8 Å². The molecule has 0 saturated heterocycles. The molecular weight excluding hydrogens is 280 g/mol. The Morgan fingerprint density at radius 1 is 1.27 bits per heavy atom. The highest BCUT2D eigenvalue weighted by Gasteiger charge is 2.47. The second kappa shape index (κ2) is 5.84. The molecule has 0 aromatic heterocycles. The average molecular weight is 304 g/mol. The van der Waals surface area contributed by atoms with Crippen LogP contribution in [0, 0.1) is 5.92 Å². The van der Waals surface area contributed by atoms with Crippen LogP contribution < -0.4 is 0 Å². The van der Waals surface area contributed by atoms with E-state index < -0.39 is 23.1 Å². The number of ether oxygens (including phenoxy) is 1. The zero-order chi connectivity index (χ0) is 16.5. The summed E-state index contributed by atoms with van der Waals surface area (Å²) in [6.45, 7) is 7.00. The summed E-state index contributed by atoms with van der Waals surface area (Å²) in [5.41, 5.74) is -0.846. The standard InChI is InChI=1S/C18H24O4/c1-17(2,3)22-16(20)15-13(12-8-6-5-7-9-12)10-18(4,21)11-14(15)19/h5-9,13,15,21H,10-11H2,1-4H3/t13-,15-,18+/m0/s1. The Bertz CT molecular complexity index is 554. The first-order valence-corrected chi connectivity index (χ1v) is 7.62. The lowest BCUT2D eigenvalue weighted by molar-refractivity contribution is -0.166. The van der Waals surface area contributed by atoms with Gasteiger partial charge in [-0.2, -0.15) is 0 Å². The molecular formula is C18H24O4. The zero-order valence-electron chi connectivity index (χ0n) is 13.6. The molecule has 4 heteroatoms. The summed E-state index contributed by atoms with van der Waals surface area (Å²) in [7, 11) is 0. The monoisotopic (exact) mass is 304 g/mol. The van der Waals surface area contributed by atoms with Gasteiger partial charge in [0, 0.05) is 12.3 Å². The molecule has 0 bridgehead atoms. The van der Waals surface area contributed by atoms with Gasteiger partial charge >= 0.3 is 5.97 Å². The van der Waals surface area contributed by atoms with E-state index in [-0.39, 0.29) is 18.1 Å². The second-order valence-electron chi connectivity index (χ2n) is 7.37. The Kier molecular flexibility index (Phi) is 4.43. The lowest BCUT2D eigenvalue weighted by Crippen LogP contribution is -2.46. The minimum absolute atomic E-state index is 0.0136. The van der Waals surface area contributed by atoms with Gasteiger partial charge in [0.1, 0.15) is 11.5 Å². The maximum Gasteiger partial charge on any atom is 0.317 e. The average Bonchev–Trinajstić information content (AvgIpc) is 2.35. The molecule has 2 rings (SSSR count). The van der Waals surface area contributed by atoms with Crippen LogP contribution in [0.1, 0.15) is 52.0 Å². The molecule has 1 fully saturated rings. The highest BCUT2D eigenvalue weighted by atomic mass is 16.6. The summed E-state index contributed by atoms with van der Waals surface area (Å²) in [5.74, 6) is -1.95. The van der Waals surface area contributed by atoms with Crippen LogP contribution in [0.3, 0.4) is 0 Å². The molecule has 0 unspecified atom stereocenters. The van der Waals surface area contributed by atoms with E-state index in [1.54, 1.807) is 27.7 Å². The highest BCUT2D eigenvalue weighted by molar-refractivity contribution is 6.01. The number of carbonyl (C=O) groups is 2. The van der Waals surface area contributed by atoms with Crippen molar-refractivity contribution in [1.82, 2.24) is 0 Å². The first-order valence-electron chi connectivity index (χ1n) is 7.62. The zero-order valence-corrected chi connectivity index (χ0v) is 13.6. The summed E-state index contributed by atoms with van der Waals surface area (Å²) < 4.78 is 5.43. The second-order valence-corrected chi connectivity index (χ2v) is 7.37. The van der Waals surface area contributed by atoms with Gasteiger partial charge in [-0.1, -0.05) is 30.3 Å². The Morgan fingerprint density at radius 3 is 2.41 bits per heavy atom. The Labute approximate surface area is 131 Å². The molecule has 1 aliphatic rings. The molecule has 22 heavy (non-hydrogen) atoms. The molecule has 1 aliphatic carbocycles. The van der Waals surface area contributed by atoms with Crippen LogP contribution in [0.5, 0.6) is 0 Å². The van der Waals surface area contributed by atoms with Crippen molar-refractivity contribution < 1.29 is 19.4 Å². The first kappa shape index (κ1) is 16.7. The van der Waals surface area contributed by atoms with Gasteiger partial charge in [-0.15, -0.1) is 0 Å². The molecule has 1 saturated carbocycles. The van der Waals surface area contributed by atoms with Gasteiger partial charge in [0.05, 0.1) is 5.60 Å². The predicted molar refractivity (Wildman–Crippen MR) is 83.4 cm³/mol. The van der Waals surface area contributed by atoms with Crippen molar-refractivity contribution in [2.24, 2.45) is 5.92 Å². The number of hydrogen-bond acceptors (Lipinski definition) is 4. The lowest BCUT2D eigenvalue weighted by Gasteiger charge is -2.38. The molecule has 1 N–H and O–H groups in total. The first-order chi connectivity index (χ1) is 10.1. The Hall–Kier alpha value is -1.68. The van der Waals surface area contributed by atoms with Crippen LogP contribution in [0.15, 0.2) is 30.3 Å². The van der Waals surface area contributed by atoms with Gasteiger partial charge in [-0.3, -0.25) is 9.59 Å². The van der Waals surface area contributed by atoms with Crippen molar-refractivity contribution in [3.05, 3.63) is 35.9 Å². The van der Waals surface area contributed by atoms with E-state index >= 15 is 0 Å². The fourth-order valence-corrected chi connectivity index (χ4v) is 3.04. The van der Waals surface area contributed by atoms with Crippen LogP contribution in [-0.4, -0.2) is 28.1 Å². The molecule has 120 valence electrons. The summed E-state index contributed by atoms with van der Waals surface area (Å²) in [6, 6.07) is 9.40. The number of ketones is 1. The fourth-order valence-electron chi connectivity index (χ4n) is 3.04. The van der Waals surface area contributed by atoms with Gasteiger partial charge in [0.2, 0.25) is 0 Å². The van der Waals surface area contributed by atoms with Crippen LogP contribution in [-0.2, 0) is 14.3 Å². The van der Waals surface area contributed by atoms with Crippen molar-refractivity contribution in [2.75, 3.05) is 0 Å². The molecule has 3 atom stereocenters. The highest BCUT2D eigenvalue weighted by Crippen LogP contribution is 2.41. The van der Waals surface area contributed by atoms with Crippen molar-refractivity contribution in [2.45, 2.75) is 57.7 Å². The van der Waals surface area contributed by atoms with Crippen LogP contribution in [0.4, 0.5) is 0 Å². The molecule has 0 amide bonds. The van der Waals surface area contributed by atoms with E-state index in [2.05, 4.69) is 0 Å². The van der Waals surface area contributed by atoms with E-state index in [0.29, 0.717) is 6.42 Å². The number of rotatable bonds is 2. The van der Waals surface area contributed by atoms with E-state index in [1.807, 2.05) is 30.3 Å². The Balaban J connectivity index is 2.35. The number of benzene rings is 1. The van der Waals surface area contributed by atoms with E-state index in [9.17, 15) is 14.7 Å². The van der Waals surface area contributed by atoms with Crippen LogP contribution in [0.25, 0.3) is 0 Å². The maximum absolute atomic E-state index is 12.5. The summed E-state index contributed by atoms with van der Waals surface area (Å²) >= 11 is 0. The van der Waals surface area contributed by atoms with Crippen LogP contribution >= 0.6 is 0 Å². The predicted octanol–water partition coefficient (Wildman–Crippen LogP) is 2.84. The number of carbonyl (C=O) groups excluding carboxylic acids is 2.